The van der Waals surface area contributed by atoms with Gasteiger partial charge in [-0.05, 0) is 23.6 Å². The van der Waals surface area contributed by atoms with Gasteiger partial charge in [-0.25, -0.2) is 0 Å². The summed E-state index contributed by atoms with van der Waals surface area (Å²) < 4.78 is 0. The smallest absolute Gasteiger partial charge is 0.270 e. The molecule has 0 radical (unpaired) electrons. The van der Waals surface area contributed by atoms with Crippen molar-refractivity contribution >= 4 is 17.2 Å². The van der Waals surface area contributed by atoms with Crippen molar-refractivity contribution in [1.82, 2.24) is 10.3 Å². The molecular formula is C14H13N3OS. The Morgan fingerprint density at radius 2 is 2.32 bits per heavy atom. The number of thiophene rings is 1. The lowest BCUT2D eigenvalue weighted by Gasteiger charge is -2.03. The van der Waals surface area contributed by atoms with Crippen LogP contribution in [0.5, 0.6) is 0 Å². The highest BCUT2D eigenvalue weighted by Crippen LogP contribution is 2.15. The second kappa shape index (κ2) is 6.69. The lowest BCUT2D eigenvalue weighted by molar-refractivity contribution is 0.0946. The van der Waals surface area contributed by atoms with Gasteiger partial charge in [0.2, 0.25) is 0 Å². The van der Waals surface area contributed by atoms with E-state index in [9.17, 15) is 4.79 Å². The third-order valence-electron chi connectivity index (χ3n) is 2.38. The number of pyridine rings is 1. The summed E-state index contributed by atoms with van der Waals surface area (Å²) in [6.45, 7) is 0.775. The third-order valence-corrected chi connectivity index (χ3v) is 3.30. The van der Waals surface area contributed by atoms with Crippen molar-refractivity contribution in [2.75, 3.05) is 6.54 Å². The molecule has 0 aliphatic heterocycles. The second-order valence-electron chi connectivity index (χ2n) is 3.66. The molecule has 1 amide bonds. The largest absolute Gasteiger partial charge is 0.346 e. The quantitative estimate of drug-likeness (QED) is 0.829. The zero-order valence-corrected chi connectivity index (χ0v) is 11.0. The first-order valence-corrected chi connectivity index (χ1v) is 6.64. The van der Waals surface area contributed by atoms with Crippen LogP contribution in [0, 0.1) is 11.8 Å². The van der Waals surface area contributed by atoms with Crippen LogP contribution >= 0.6 is 11.3 Å². The van der Waals surface area contributed by atoms with Gasteiger partial charge in [-0.2, -0.15) is 0 Å². The standard InChI is InChI=1S/C14H13N3OS/c15-7-3-4-11-6-9-19-13(11)10-17-14(18)12-5-1-2-8-16-12/h1-2,5-6,8-9H,7,10,15H2,(H,17,18). The first-order chi connectivity index (χ1) is 9.31. The number of hydrogen-bond acceptors (Lipinski definition) is 4. The molecule has 0 atom stereocenters. The molecule has 0 bridgehead atoms. The Labute approximate surface area is 115 Å². The molecule has 19 heavy (non-hydrogen) atoms. The van der Waals surface area contributed by atoms with E-state index < -0.39 is 0 Å². The maximum Gasteiger partial charge on any atom is 0.270 e. The van der Waals surface area contributed by atoms with Crippen LogP contribution in [0.1, 0.15) is 20.9 Å². The molecule has 96 valence electrons. The summed E-state index contributed by atoms with van der Waals surface area (Å²) in [5, 5.41) is 4.78. The van der Waals surface area contributed by atoms with Crippen LogP contribution in [-0.2, 0) is 6.54 Å². The molecule has 2 aromatic rings. The van der Waals surface area contributed by atoms with Crippen molar-refractivity contribution in [2.45, 2.75) is 6.54 Å². The zero-order chi connectivity index (χ0) is 13.5. The number of nitrogens with two attached hydrogens (primary N) is 1. The lowest BCUT2D eigenvalue weighted by atomic mass is 10.2. The Balaban J connectivity index is 2.00. The van der Waals surface area contributed by atoms with Gasteiger partial charge in [0.05, 0.1) is 13.1 Å². The third kappa shape index (κ3) is 3.65. The van der Waals surface area contributed by atoms with Crippen LogP contribution in [0.2, 0.25) is 0 Å². The van der Waals surface area contributed by atoms with Crippen LogP contribution < -0.4 is 11.1 Å². The van der Waals surface area contributed by atoms with E-state index in [0.29, 0.717) is 18.8 Å². The molecule has 0 aromatic carbocycles. The summed E-state index contributed by atoms with van der Waals surface area (Å²) in [6, 6.07) is 7.16. The number of aromatic nitrogens is 1. The molecule has 2 aromatic heterocycles. The monoisotopic (exact) mass is 271 g/mol. The Hall–Kier alpha value is -2.16. The van der Waals surface area contributed by atoms with Crippen molar-refractivity contribution in [1.29, 1.82) is 0 Å². The van der Waals surface area contributed by atoms with E-state index in [1.807, 2.05) is 11.4 Å². The maximum atomic E-state index is 11.8. The van der Waals surface area contributed by atoms with Gasteiger partial charge >= 0.3 is 0 Å². The summed E-state index contributed by atoms with van der Waals surface area (Å²) in [7, 11) is 0. The molecule has 0 saturated carbocycles. The molecule has 0 saturated heterocycles. The topological polar surface area (TPSA) is 68.0 Å². The fourth-order valence-electron chi connectivity index (χ4n) is 1.48. The number of nitrogens with zero attached hydrogens (tertiary/aromatic N) is 1. The van der Waals surface area contributed by atoms with Crippen molar-refractivity contribution in [3.63, 3.8) is 0 Å². The lowest BCUT2D eigenvalue weighted by Crippen LogP contribution is -2.23. The predicted molar refractivity (Wildman–Crippen MR) is 75.7 cm³/mol. The van der Waals surface area contributed by atoms with Crippen LogP contribution in [0.15, 0.2) is 35.8 Å². The molecule has 0 spiro atoms. The molecule has 2 rings (SSSR count). The molecular weight excluding hydrogens is 258 g/mol. The molecule has 0 unspecified atom stereocenters. The van der Waals surface area contributed by atoms with Crippen LogP contribution in [0.25, 0.3) is 0 Å². The minimum Gasteiger partial charge on any atom is -0.346 e. The maximum absolute atomic E-state index is 11.8. The number of hydrogen-bond donors (Lipinski definition) is 2. The Morgan fingerprint density at radius 1 is 1.42 bits per heavy atom. The highest BCUT2D eigenvalue weighted by atomic mass is 32.1. The summed E-state index contributed by atoms with van der Waals surface area (Å²) in [5.74, 6) is 5.61. The van der Waals surface area contributed by atoms with Crippen molar-refractivity contribution < 1.29 is 4.79 Å². The molecule has 2 heterocycles. The molecule has 0 fully saturated rings. The van der Waals surface area contributed by atoms with Gasteiger partial charge in [0.15, 0.2) is 0 Å². The van der Waals surface area contributed by atoms with E-state index in [-0.39, 0.29) is 5.91 Å². The van der Waals surface area contributed by atoms with Gasteiger partial charge in [-0.15, -0.1) is 11.3 Å². The van der Waals surface area contributed by atoms with Gasteiger partial charge in [0, 0.05) is 16.6 Å². The minimum absolute atomic E-state index is 0.188. The SMILES string of the molecule is NCC#Cc1ccsc1CNC(=O)c1ccccn1. The molecule has 0 aliphatic carbocycles. The highest BCUT2D eigenvalue weighted by molar-refractivity contribution is 7.10. The number of amides is 1. The molecule has 3 N–H and O–H groups in total. The van der Waals surface area contributed by atoms with E-state index >= 15 is 0 Å². The Kier molecular flexibility index (Phi) is 4.67. The van der Waals surface area contributed by atoms with Crippen LogP contribution in [0.3, 0.4) is 0 Å². The summed E-state index contributed by atoms with van der Waals surface area (Å²) in [4.78, 5) is 16.9. The van der Waals surface area contributed by atoms with E-state index in [1.54, 1.807) is 35.7 Å². The number of carbonyl (C=O) groups excluding carboxylic acids is 1. The van der Waals surface area contributed by atoms with Crippen LogP contribution in [-0.4, -0.2) is 17.4 Å². The van der Waals surface area contributed by atoms with Gasteiger partial charge in [-0.3, -0.25) is 9.78 Å². The Morgan fingerprint density at radius 3 is 3.05 bits per heavy atom. The summed E-state index contributed by atoms with van der Waals surface area (Å²) >= 11 is 1.56. The van der Waals surface area contributed by atoms with E-state index in [4.69, 9.17) is 5.73 Å². The fourth-order valence-corrected chi connectivity index (χ4v) is 2.25. The minimum atomic E-state index is -0.188. The number of rotatable bonds is 3. The summed E-state index contributed by atoms with van der Waals surface area (Å²) in [6.07, 6.45) is 1.60. The van der Waals surface area contributed by atoms with Crippen LogP contribution in [0.4, 0.5) is 0 Å². The highest BCUT2D eigenvalue weighted by Gasteiger charge is 2.07. The van der Waals surface area contributed by atoms with Gasteiger partial charge in [-0.1, -0.05) is 17.9 Å². The van der Waals surface area contributed by atoms with Gasteiger partial charge < -0.3 is 11.1 Å². The zero-order valence-electron chi connectivity index (χ0n) is 10.2. The molecule has 4 nitrogen and oxygen atoms in total. The Bertz CT molecular complexity index is 610. The van der Waals surface area contributed by atoms with E-state index in [0.717, 1.165) is 10.4 Å². The molecule has 5 heteroatoms. The first kappa shape index (κ1) is 13.3. The fraction of sp³-hybridized carbons (Fsp3) is 0.143. The number of nitrogens with one attached hydrogen (secondary N) is 1. The second-order valence-corrected chi connectivity index (χ2v) is 4.66. The van der Waals surface area contributed by atoms with Crippen molar-refractivity contribution in [2.24, 2.45) is 5.73 Å². The number of carbonyl (C=O) groups is 1. The summed E-state index contributed by atoms with van der Waals surface area (Å²) in [5.41, 5.74) is 6.67. The first-order valence-electron chi connectivity index (χ1n) is 5.76. The van der Waals surface area contributed by atoms with E-state index in [1.165, 1.54) is 0 Å². The van der Waals surface area contributed by atoms with Crippen molar-refractivity contribution in [3.05, 3.63) is 52.0 Å². The molecule has 0 aliphatic rings. The van der Waals surface area contributed by atoms with Crippen molar-refractivity contribution in [3.8, 4) is 11.8 Å². The van der Waals surface area contributed by atoms with Gasteiger partial charge in [0.1, 0.15) is 5.69 Å². The predicted octanol–water partition coefficient (Wildman–Crippen LogP) is 1.38. The average Bonchev–Trinajstić information content (AvgIpc) is 2.91. The average molecular weight is 271 g/mol. The normalized spacial score (nSPS) is 9.53. The van der Waals surface area contributed by atoms with E-state index in [2.05, 4.69) is 22.1 Å². The van der Waals surface area contributed by atoms with Gasteiger partial charge in [0.25, 0.3) is 5.91 Å².